The summed E-state index contributed by atoms with van der Waals surface area (Å²) in [5.74, 6) is -1.68. The van der Waals surface area contributed by atoms with E-state index in [1.807, 2.05) is 6.92 Å². The standard InChI is InChI=1S/C24H23FN4O4S/c1-14-4-6-16(33-22-20(24(31)32)19(34-2)8-11-28-22)13-29(14)23(30)18-12-15(25)5-7-17(18)21-26-9-3-10-27-21/h3,5,7-12,14,16H,4,6,13H2,1-2H3,(H,31,32)/t14-,16-/m1/s1. The molecule has 1 aliphatic heterocycles. The second kappa shape index (κ2) is 10.2. The van der Waals surface area contributed by atoms with Gasteiger partial charge >= 0.3 is 5.97 Å². The van der Waals surface area contributed by atoms with E-state index in [0.29, 0.717) is 29.1 Å². The predicted octanol–water partition coefficient (Wildman–Crippen LogP) is 4.17. The third kappa shape index (κ3) is 4.86. The lowest BCUT2D eigenvalue weighted by Crippen LogP contribution is -2.49. The highest BCUT2D eigenvalue weighted by atomic mass is 32.2. The number of thioether (sulfide) groups is 1. The van der Waals surface area contributed by atoms with E-state index in [2.05, 4.69) is 15.0 Å². The summed E-state index contributed by atoms with van der Waals surface area (Å²) < 4.78 is 20.1. The van der Waals surface area contributed by atoms with E-state index in [-0.39, 0.29) is 35.5 Å². The Morgan fingerprint density at radius 1 is 1.15 bits per heavy atom. The number of pyridine rings is 1. The molecule has 0 bridgehead atoms. The highest BCUT2D eigenvalue weighted by molar-refractivity contribution is 7.98. The molecule has 10 heteroatoms. The summed E-state index contributed by atoms with van der Waals surface area (Å²) in [6.45, 7) is 2.12. The first-order valence-corrected chi connectivity index (χ1v) is 11.9. The van der Waals surface area contributed by atoms with Crippen LogP contribution >= 0.6 is 11.8 Å². The van der Waals surface area contributed by atoms with Crippen molar-refractivity contribution in [1.82, 2.24) is 19.9 Å². The number of aromatic carboxylic acids is 1. The number of carboxylic acid groups (broad SMARTS) is 1. The van der Waals surface area contributed by atoms with Crippen LogP contribution in [0, 0.1) is 5.82 Å². The number of piperidine rings is 1. The average Bonchev–Trinajstić information content (AvgIpc) is 2.85. The minimum absolute atomic E-state index is 0.000131. The first kappa shape index (κ1) is 23.6. The molecule has 0 aliphatic carbocycles. The van der Waals surface area contributed by atoms with Crippen LogP contribution < -0.4 is 4.74 Å². The number of nitrogens with zero attached hydrogens (tertiary/aromatic N) is 4. The zero-order valence-electron chi connectivity index (χ0n) is 18.6. The number of halogens is 1. The van der Waals surface area contributed by atoms with E-state index < -0.39 is 17.9 Å². The Bertz CT molecular complexity index is 1210. The molecule has 1 saturated heterocycles. The van der Waals surface area contributed by atoms with Gasteiger partial charge in [-0.25, -0.2) is 24.1 Å². The minimum Gasteiger partial charge on any atom is -0.477 e. The number of hydrogen-bond donors (Lipinski definition) is 1. The highest BCUT2D eigenvalue weighted by Gasteiger charge is 2.33. The van der Waals surface area contributed by atoms with Crippen LogP contribution in [0.2, 0.25) is 0 Å². The van der Waals surface area contributed by atoms with E-state index in [9.17, 15) is 19.1 Å². The van der Waals surface area contributed by atoms with Crippen LogP contribution in [0.5, 0.6) is 5.88 Å². The van der Waals surface area contributed by atoms with Crippen LogP contribution in [0.1, 0.15) is 40.5 Å². The maximum atomic E-state index is 14.1. The molecule has 3 heterocycles. The van der Waals surface area contributed by atoms with Crippen LogP contribution in [-0.4, -0.2) is 61.8 Å². The molecule has 2 aromatic heterocycles. The summed E-state index contributed by atoms with van der Waals surface area (Å²) in [5.41, 5.74) is 0.595. The van der Waals surface area contributed by atoms with Gasteiger partial charge in [0, 0.05) is 35.1 Å². The van der Waals surface area contributed by atoms with Crippen molar-refractivity contribution < 1.29 is 23.8 Å². The van der Waals surface area contributed by atoms with Crippen molar-refractivity contribution >= 4 is 23.6 Å². The maximum Gasteiger partial charge on any atom is 0.342 e. The molecule has 1 aromatic carbocycles. The van der Waals surface area contributed by atoms with Crippen LogP contribution in [0.25, 0.3) is 11.4 Å². The molecule has 34 heavy (non-hydrogen) atoms. The van der Waals surface area contributed by atoms with Gasteiger partial charge in [-0.05, 0) is 56.4 Å². The summed E-state index contributed by atoms with van der Waals surface area (Å²) in [7, 11) is 0. The first-order valence-electron chi connectivity index (χ1n) is 10.7. The van der Waals surface area contributed by atoms with Crippen molar-refractivity contribution in [2.24, 2.45) is 0 Å². The Kier molecular flexibility index (Phi) is 7.06. The first-order chi connectivity index (χ1) is 16.4. The molecule has 0 unspecified atom stereocenters. The Hall–Kier alpha value is -3.53. The van der Waals surface area contributed by atoms with Gasteiger partial charge in [0.05, 0.1) is 12.1 Å². The number of ether oxygens (including phenoxy) is 1. The number of carbonyl (C=O) groups is 2. The number of amides is 1. The van der Waals surface area contributed by atoms with Gasteiger partial charge in [-0.3, -0.25) is 4.79 Å². The second-order valence-corrected chi connectivity index (χ2v) is 8.73. The molecule has 176 valence electrons. The smallest absolute Gasteiger partial charge is 0.342 e. The predicted molar refractivity (Wildman–Crippen MR) is 125 cm³/mol. The number of carboxylic acids is 1. The number of likely N-dealkylation sites (tertiary alicyclic amines) is 1. The Morgan fingerprint density at radius 2 is 1.91 bits per heavy atom. The fourth-order valence-electron chi connectivity index (χ4n) is 3.97. The van der Waals surface area contributed by atoms with Gasteiger partial charge in [0.15, 0.2) is 5.82 Å². The Balaban J connectivity index is 1.62. The molecular weight excluding hydrogens is 459 g/mol. The molecule has 1 aliphatic rings. The zero-order valence-corrected chi connectivity index (χ0v) is 19.5. The molecule has 0 spiro atoms. The van der Waals surface area contributed by atoms with E-state index >= 15 is 0 Å². The summed E-state index contributed by atoms with van der Waals surface area (Å²) in [5, 5.41) is 9.66. The normalized spacial score (nSPS) is 17.9. The monoisotopic (exact) mass is 482 g/mol. The Labute approximate surface area is 200 Å². The molecule has 0 radical (unpaired) electrons. The van der Waals surface area contributed by atoms with Gasteiger partial charge in [-0.15, -0.1) is 11.8 Å². The molecule has 3 aromatic rings. The number of carbonyl (C=O) groups excluding carboxylic acids is 1. The molecule has 0 saturated carbocycles. The van der Waals surface area contributed by atoms with Gasteiger partial charge in [-0.1, -0.05) is 0 Å². The fourth-order valence-corrected chi connectivity index (χ4v) is 4.55. The van der Waals surface area contributed by atoms with E-state index in [4.69, 9.17) is 4.74 Å². The molecule has 1 amide bonds. The average molecular weight is 483 g/mol. The fraction of sp³-hybridized carbons (Fsp3) is 0.292. The lowest BCUT2D eigenvalue weighted by atomic mass is 9.98. The molecule has 1 fully saturated rings. The SMILES string of the molecule is CSc1ccnc(O[C@@H]2CC[C@@H](C)N(C(=O)c3cc(F)ccc3-c3ncccn3)C2)c1C(=O)O. The van der Waals surface area contributed by atoms with Crippen LogP contribution in [0.4, 0.5) is 4.39 Å². The van der Waals surface area contributed by atoms with Crippen molar-refractivity contribution in [3.05, 3.63) is 65.9 Å². The largest absolute Gasteiger partial charge is 0.477 e. The summed E-state index contributed by atoms with van der Waals surface area (Å²) in [6.07, 6.45) is 7.18. The molecule has 4 rings (SSSR count). The second-order valence-electron chi connectivity index (χ2n) is 7.88. The van der Waals surface area contributed by atoms with Crippen molar-refractivity contribution in [3.8, 4) is 17.3 Å². The van der Waals surface area contributed by atoms with Gasteiger partial charge < -0.3 is 14.7 Å². The molecule has 1 N–H and O–H groups in total. The van der Waals surface area contributed by atoms with Crippen molar-refractivity contribution in [2.75, 3.05) is 12.8 Å². The third-order valence-corrected chi connectivity index (χ3v) is 6.49. The number of benzene rings is 1. The molecular formula is C24H23FN4O4S. The highest BCUT2D eigenvalue weighted by Crippen LogP contribution is 2.31. The third-order valence-electron chi connectivity index (χ3n) is 5.71. The number of hydrogen-bond acceptors (Lipinski definition) is 7. The number of rotatable bonds is 6. The van der Waals surface area contributed by atoms with E-state index in [1.165, 1.54) is 36.2 Å². The molecule has 8 nitrogen and oxygen atoms in total. The molecule has 2 atom stereocenters. The van der Waals surface area contributed by atoms with Crippen molar-refractivity contribution in [3.63, 3.8) is 0 Å². The topological polar surface area (TPSA) is 106 Å². The van der Waals surface area contributed by atoms with Crippen molar-refractivity contribution in [2.45, 2.75) is 36.8 Å². The van der Waals surface area contributed by atoms with Crippen LogP contribution in [0.3, 0.4) is 0 Å². The number of aromatic nitrogens is 3. The summed E-state index contributed by atoms with van der Waals surface area (Å²) >= 11 is 1.29. The van der Waals surface area contributed by atoms with Crippen molar-refractivity contribution in [1.29, 1.82) is 0 Å². The maximum absolute atomic E-state index is 14.1. The van der Waals surface area contributed by atoms with Gasteiger partial charge in [0.1, 0.15) is 17.5 Å². The van der Waals surface area contributed by atoms with Crippen LogP contribution in [-0.2, 0) is 0 Å². The van der Waals surface area contributed by atoms with E-state index in [0.717, 1.165) is 0 Å². The van der Waals surface area contributed by atoms with Gasteiger partial charge in [0.2, 0.25) is 5.88 Å². The lowest BCUT2D eigenvalue weighted by molar-refractivity contribution is 0.0362. The quantitative estimate of drug-likeness (QED) is 0.522. The van der Waals surface area contributed by atoms with Gasteiger partial charge in [-0.2, -0.15) is 0 Å². The van der Waals surface area contributed by atoms with Crippen LogP contribution in [0.15, 0.2) is 53.8 Å². The Morgan fingerprint density at radius 3 is 2.62 bits per heavy atom. The van der Waals surface area contributed by atoms with E-state index in [1.54, 1.807) is 35.7 Å². The summed E-state index contributed by atoms with van der Waals surface area (Å²) in [4.78, 5) is 40.1. The zero-order chi connectivity index (χ0) is 24.2. The lowest BCUT2D eigenvalue weighted by Gasteiger charge is -2.38. The summed E-state index contributed by atoms with van der Waals surface area (Å²) in [6, 6.07) is 7.12. The van der Waals surface area contributed by atoms with Gasteiger partial charge in [0.25, 0.3) is 5.91 Å². The minimum atomic E-state index is -1.13.